The largest absolute Gasteiger partial charge is 0.545 e. The van der Waals surface area contributed by atoms with Crippen molar-refractivity contribution in [3.63, 3.8) is 0 Å². The number of nitrogens with zero attached hydrogens (tertiary/aromatic N) is 2. The third-order valence-corrected chi connectivity index (χ3v) is 4.76. The molecule has 4 aromatic rings. The molecule has 7 heteroatoms. The number of pyridine rings is 1. The zero-order valence-electron chi connectivity index (χ0n) is 16.9. The van der Waals surface area contributed by atoms with Gasteiger partial charge in [0.2, 0.25) is 0 Å². The Morgan fingerprint density at radius 2 is 1.75 bits per heavy atom. The number of fused-ring (bicyclic) bond motifs is 1. The van der Waals surface area contributed by atoms with Crippen molar-refractivity contribution in [2.45, 2.75) is 6.61 Å². The molecule has 1 amide bonds. The topological polar surface area (TPSA) is 104 Å². The number of carboxylic acids is 1. The van der Waals surface area contributed by atoms with Crippen LogP contribution in [0.2, 0.25) is 0 Å². The first kappa shape index (κ1) is 20.7. The summed E-state index contributed by atoms with van der Waals surface area (Å²) in [5.41, 5.74) is 4.81. The number of hydrogen-bond donors (Lipinski definition) is 1. The number of hydrogen-bond acceptors (Lipinski definition) is 6. The van der Waals surface area contributed by atoms with Crippen molar-refractivity contribution in [1.82, 2.24) is 10.4 Å². The van der Waals surface area contributed by atoms with Gasteiger partial charge in [-0.05, 0) is 29.8 Å². The molecule has 0 aliphatic heterocycles. The Balaban J connectivity index is 1.37. The summed E-state index contributed by atoms with van der Waals surface area (Å²) < 4.78 is 5.91. The Hall–Kier alpha value is -4.52. The van der Waals surface area contributed by atoms with E-state index < -0.39 is 11.9 Å². The number of aromatic carboxylic acids is 1. The highest BCUT2D eigenvalue weighted by Crippen LogP contribution is 2.23. The smallest absolute Gasteiger partial charge is 0.271 e. The van der Waals surface area contributed by atoms with Gasteiger partial charge in [-0.15, -0.1) is 0 Å². The molecular formula is C25H18N3O4-. The van der Waals surface area contributed by atoms with Crippen molar-refractivity contribution >= 4 is 29.0 Å². The number of aromatic nitrogens is 1. The minimum Gasteiger partial charge on any atom is -0.545 e. The number of amides is 1. The van der Waals surface area contributed by atoms with Crippen molar-refractivity contribution in [1.29, 1.82) is 0 Å². The van der Waals surface area contributed by atoms with E-state index in [1.807, 2.05) is 30.3 Å². The first-order valence-corrected chi connectivity index (χ1v) is 9.81. The van der Waals surface area contributed by atoms with Crippen LogP contribution in [0.1, 0.15) is 31.8 Å². The molecule has 0 bridgehead atoms. The molecule has 0 spiro atoms. The Bertz CT molecular complexity index is 1290. The summed E-state index contributed by atoms with van der Waals surface area (Å²) in [5.74, 6) is -1.04. The van der Waals surface area contributed by atoms with Gasteiger partial charge in [0.15, 0.2) is 0 Å². The zero-order valence-corrected chi connectivity index (χ0v) is 16.9. The van der Waals surface area contributed by atoms with Crippen molar-refractivity contribution in [3.8, 4) is 5.75 Å². The number of benzene rings is 3. The Labute approximate surface area is 184 Å². The fraction of sp³-hybridized carbons (Fsp3) is 0.0400. The summed E-state index contributed by atoms with van der Waals surface area (Å²) in [5, 5.41) is 15.9. The molecule has 0 aliphatic rings. The second-order valence-corrected chi connectivity index (χ2v) is 6.89. The van der Waals surface area contributed by atoms with Crippen molar-refractivity contribution < 1.29 is 19.4 Å². The standard InChI is InChI=1S/C25H19N3O4/c29-24(28-27-15-20-5-1-2-8-21(20)25(30)31)19-12-10-17(11-13-19)16-32-22-9-3-6-18-7-4-14-26-23(18)22/h1-15H,16H2,(H,28,29)(H,30,31)/p-1/b27-15-. The number of carboxylic acid groups (broad SMARTS) is 1. The SMILES string of the molecule is O=C(N/N=C\c1ccccc1C(=O)[O-])c1ccc(COc2cccc3cccnc23)cc1. The molecule has 1 heterocycles. The van der Waals surface area contributed by atoms with Gasteiger partial charge in [0.05, 0.1) is 12.2 Å². The molecule has 0 saturated carbocycles. The normalized spacial score (nSPS) is 10.9. The van der Waals surface area contributed by atoms with Crippen molar-refractivity contribution in [2.24, 2.45) is 5.10 Å². The number of carbonyl (C=O) groups is 2. The Kier molecular flexibility index (Phi) is 6.17. The lowest BCUT2D eigenvalue weighted by molar-refractivity contribution is -0.255. The minimum atomic E-state index is -1.31. The van der Waals surface area contributed by atoms with Gasteiger partial charge in [-0.1, -0.05) is 54.6 Å². The van der Waals surface area contributed by atoms with Gasteiger partial charge in [-0.2, -0.15) is 5.10 Å². The zero-order chi connectivity index (χ0) is 22.3. The van der Waals surface area contributed by atoms with Crippen LogP contribution in [0, 0.1) is 0 Å². The van der Waals surface area contributed by atoms with Crippen LogP contribution in [-0.2, 0) is 6.61 Å². The minimum absolute atomic E-state index is 0.00348. The van der Waals surface area contributed by atoms with Crippen LogP contribution < -0.4 is 15.3 Å². The summed E-state index contributed by atoms with van der Waals surface area (Å²) in [6.45, 7) is 0.329. The lowest BCUT2D eigenvalue weighted by Gasteiger charge is -2.09. The van der Waals surface area contributed by atoms with Gasteiger partial charge in [0.25, 0.3) is 5.91 Å². The molecule has 7 nitrogen and oxygen atoms in total. The fourth-order valence-electron chi connectivity index (χ4n) is 3.13. The van der Waals surface area contributed by atoms with Gasteiger partial charge in [0, 0.05) is 28.3 Å². The lowest BCUT2D eigenvalue weighted by atomic mass is 10.1. The van der Waals surface area contributed by atoms with Gasteiger partial charge in [-0.25, -0.2) is 5.43 Å². The molecule has 0 saturated heterocycles. The second kappa shape index (κ2) is 9.53. The summed E-state index contributed by atoms with van der Waals surface area (Å²) in [4.78, 5) is 27.8. The fourth-order valence-corrected chi connectivity index (χ4v) is 3.13. The van der Waals surface area contributed by atoms with E-state index in [0.29, 0.717) is 23.5 Å². The summed E-state index contributed by atoms with van der Waals surface area (Å²) in [6, 6.07) is 22.8. The molecule has 0 aliphatic carbocycles. The predicted molar refractivity (Wildman–Crippen MR) is 118 cm³/mol. The Morgan fingerprint density at radius 1 is 0.969 bits per heavy atom. The molecule has 0 unspecified atom stereocenters. The van der Waals surface area contributed by atoms with E-state index in [1.54, 1.807) is 48.7 Å². The molecule has 158 valence electrons. The van der Waals surface area contributed by atoms with E-state index in [2.05, 4.69) is 15.5 Å². The third kappa shape index (κ3) is 4.79. The number of rotatable bonds is 7. The van der Waals surface area contributed by atoms with Crippen LogP contribution >= 0.6 is 0 Å². The van der Waals surface area contributed by atoms with Gasteiger partial charge < -0.3 is 14.6 Å². The number of carbonyl (C=O) groups excluding carboxylic acids is 2. The van der Waals surface area contributed by atoms with Crippen molar-refractivity contribution in [3.05, 3.63) is 107 Å². The summed E-state index contributed by atoms with van der Waals surface area (Å²) in [6.07, 6.45) is 2.99. The molecule has 32 heavy (non-hydrogen) atoms. The molecule has 0 atom stereocenters. The second-order valence-electron chi connectivity index (χ2n) is 6.89. The van der Waals surface area contributed by atoms with Gasteiger partial charge in [0.1, 0.15) is 17.9 Å². The first-order chi connectivity index (χ1) is 15.6. The van der Waals surface area contributed by atoms with Crippen LogP contribution in [-0.4, -0.2) is 23.1 Å². The number of nitrogens with one attached hydrogen (secondary N) is 1. The molecular weight excluding hydrogens is 406 g/mol. The van der Waals surface area contributed by atoms with E-state index >= 15 is 0 Å². The highest BCUT2D eigenvalue weighted by molar-refractivity contribution is 5.98. The molecule has 0 radical (unpaired) electrons. The van der Waals surface area contributed by atoms with Crippen LogP contribution in [0.25, 0.3) is 10.9 Å². The maximum Gasteiger partial charge on any atom is 0.271 e. The van der Waals surface area contributed by atoms with Crippen LogP contribution in [0.4, 0.5) is 0 Å². The molecule has 3 aromatic carbocycles. The summed E-state index contributed by atoms with van der Waals surface area (Å²) in [7, 11) is 0. The highest BCUT2D eigenvalue weighted by atomic mass is 16.5. The first-order valence-electron chi connectivity index (χ1n) is 9.81. The van der Waals surface area contributed by atoms with E-state index in [-0.39, 0.29) is 5.56 Å². The van der Waals surface area contributed by atoms with Crippen LogP contribution in [0.3, 0.4) is 0 Å². The van der Waals surface area contributed by atoms with E-state index in [1.165, 1.54) is 12.3 Å². The number of ether oxygens (including phenoxy) is 1. The average molecular weight is 424 g/mol. The quantitative estimate of drug-likeness (QED) is 0.363. The van der Waals surface area contributed by atoms with E-state index in [0.717, 1.165) is 16.5 Å². The monoisotopic (exact) mass is 424 g/mol. The summed E-state index contributed by atoms with van der Waals surface area (Å²) >= 11 is 0. The Morgan fingerprint density at radius 3 is 2.56 bits per heavy atom. The van der Waals surface area contributed by atoms with Crippen LogP contribution in [0.15, 0.2) is 90.2 Å². The van der Waals surface area contributed by atoms with Crippen molar-refractivity contribution in [2.75, 3.05) is 0 Å². The van der Waals surface area contributed by atoms with E-state index in [4.69, 9.17) is 4.74 Å². The molecule has 1 N–H and O–H groups in total. The number of para-hydroxylation sites is 1. The maximum atomic E-state index is 12.3. The maximum absolute atomic E-state index is 12.3. The van der Waals surface area contributed by atoms with E-state index in [9.17, 15) is 14.7 Å². The van der Waals surface area contributed by atoms with Gasteiger partial charge in [-0.3, -0.25) is 9.78 Å². The highest BCUT2D eigenvalue weighted by Gasteiger charge is 2.07. The average Bonchev–Trinajstić information content (AvgIpc) is 2.83. The third-order valence-electron chi connectivity index (χ3n) is 4.76. The molecule has 4 rings (SSSR count). The van der Waals surface area contributed by atoms with Crippen LogP contribution in [0.5, 0.6) is 5.75 Å². The van der Waals surface area contributed by atoms with Gasteiger partial charge >= 0.3 is 0 Å². The predicted octanol–water partition coefficient (Wildman–Crippen LogP) is 2.94. The lowest BCUT2D eigenvalue weighted by Crippen LogP contribution is -2.24. The molecule has 1 aromatic heterocycles. The number of hydrazone groups is 1. The molecule has 0 fully saturated rings.